The van der Waals surface area contributed by atoms with Crippen molar-refractivity contribution in [2.75, 3.05) is 7.11 Å². The van der Waals surface area contributed by atoms with Gasteiger partial charge in [-0.2, -0.15) is 0 Å². The van der Waals surface area contributed by atoms with Gasteiger partial charge in [-0.1, -0.05) is 6.07 Å². The number of methoxy groups -OCH3 is 1. The number of hydrazine groups is 1. The molecule has 0 atom stereocenters. The first-order valence-electron chi connectivity index (χ1n) is 3.54. The Morgan fingerprint density at radius 2 is 2.07 bits per heavy atom. The summed E-state index contributed by atoms with van der Waals surface area (Å²) >= 11 is 0. The van der Waals surface area contributed by atoms with E-state index in [1.807, 2.05) is 0 Å². The van der Waals surface area contributed by atoms with Gasteiger partial charge in [0.05, 0.1) is 7.11 Å². The van der Waals surface area contributed by atoms with Crippen LogP contribution in [0.1, 0.15) is 5.56 Å². The van der Waals surface area contributed by atoms with E-state index in [0.717, 1.165) is 5.56 Å². The van der Waals surface area contributed by atoms with E-state index in [0.29, 0.717) is 6.54 Å². The van der Waals surface area contributed by atoms with Crippen molar-refractivity contribution in [2.45, 2.75) is 6.54 Å². The second-order valence-electron chi connectivity index (χ2n) is 2.35. The lowest BCUT2D eigenvalue weighted by Gasteiger charge is -2.04. The Balaban J connectivity index is 0. The van der Waals surface area contributed by atoms with Crippen LogP contribution in [-0.4, -0.2) is 7.11 Å². The maximum atomic E-state index is 12.8. The number of rotatable bonds is 3. The number of nitrogens with two attached hydrogens (primary N) is 1. The van der Waals surface area contributed by atoms with Crippen molar-refractivity contribution in [3.05, 3.63) is 29.6 Å². The van der Waals surface area contributed by atoms with Crippen molar-refractivity contribution in [3.63, 3.8) is 0 Å². The van der Waals surface area contributed by atoms with Crippen LogP contribution in [0, 0.1) is 5.82 Å². The van der Waals surface area contributed by atoms with E-state index in [9.17, 15) is 4.39 Å². The summed E-state index contributed by atoms with van der Waals surface area (Å²) in [6.45, 7) is 0.497. The molecule has 0 aliphatic heterocycles. The van der Waals surface area contributed by atoms with Crippen molar-refractivity contribution in [1.29, 1.82) is 0 Å². The van der Waals surface area contributed by atoms with Crippen molar-refractivity contribution in [2.24, 2.45) is 5.84 Å². The zero-order chi connectivity index (χ0) is 8.97. The predicted molar refractivity (Wildman–Crippen MR) is 58.5 cm³/mol. The highest BCUT2D eigenvalue weighted by molar-refractivity contribution is 5.85. The molecule has 0 aliphatic rings. The fraction of sp³-hybridized carbons (Fsp3) is 0.250. The number of hydrogen-bond acceptors (Lipinski definition) is 3. The van der Waals surface area contributed by atoms with Gasteiger partial charge in [-0.05, 0) is 17.7 Å². The molecule has 0 saturated heterocycles. The number of ether oxygens (including phenoxy) is 1. The maximum Gasteiger partial charge on any atom is 0.165 e. The second-order valence-corrected chi connectivity index (χ2v) is 2.35. The summed E-state index contributed by atoms with van der Waals surface area (Å²) < 4.78 is 17.6. The molecule has 1 aromatic rings. The van der Waals surface area contributed by atoms with Crippen LogP contribution in [0.2, 0.25) is 0 Å². The molecule has 0 saturated carbocycles. The van der Waals surface area contributed by atoms with Gasteiger partial charge in [0.15, 0.2) is 11.6 Å². The SMILES string of the molecule is COc1cc(CNN)ccc1F.Cl.Cl. The molecule has 6 heteroatoms. The summed E-state index contributed by atoms with van der Waals surface area (Å²) in [4.78, 5) is 0. The molecule has 0 spiro atoms. The van der Waals surface area contributed by atoms with Crippen LogP contribution in [0.5, 0.6) is 5.75 Å². The third-order valence-electron chi connectivity index (χ3n) is 1.52. The molecule has 0 fully saturated rings. The minimum absolute atomic E-state index is 0. The number of halogens is 3. The molecule has 3 nitrogen and oxygen atoms in total. The van der Waals surface area contributed by atoms with Gasteiger partial charge in [-0.3, -0.25) is 11.3 Å². The topological polar surface area (TPSA) is 47.3 Å². The molecule has 0 aromatic heterocycles. The molecule has 3 N–H and O–H groups in total. The Hall–Kier alpha value is -0.550. The largest absolute Gasteiger partial charge is 0.494 e. The first kappa shape index (κ1) is 15.9. The van der Waals surface area contributed by atoms with Crippen LogP contribution in [0.3, 0.4) is 0 Å². The van der Waals surface area contributed by atoms with Gasteiger partial charge >= 0.3 is 0 Å². The summed E-state index contributed by atoms with van der Waals surface area (Å²) in [5.41, 5.74) is 3.36. The Morgan fingerprint density at radius 1 is 1.43 bits per heavy atom. The van der Waals surface area contributed by atoms with E-state index in [1.54, 1.807) is 12.1 Å². The van der Waals surface area contributed by atoms with E-state index in [2.05, 4.69) is 5.43 Å². The lowest BCUT2D eigenvalue weighted by atomic mass is 10.2. The van der Waals surface area contributed by atoms with Gasteiger partial charge in [0.25, 0.3) is 0 Å². The lowest BCUT2D eigenvalue weighted by molar-refractivity contribution is 0.385. The summed E-state index contributed by atoms with van der Waals surface area (Å²) in [5, 5.41) is 0. The molecule has 0 aliphatic carbocycles. The number of benzene rings is 1. The Bertz CT molecular complexity index is 274. The Kier molecular flexibility index (Phi) is 8.88. The van der Waals surface area contributed by atoms with Gasteiger partial charge < -0.3 is 4.74 Å². The summed E-state index contributed by atoms with van der Waals surface area (Å²) in [6, 6.07) is 4.61. The molecule has 0 bridgehead atoms. The molecular formula is C8H13Cl2FN2O. The van der Waals surface area contributed by atoms with Crippen LogP contribution in [0.15, 0.2) is 18.2 Å². The summed E-state index contributed by atoms with van der Waals surface area (Å²) in [5.74, 6) is 4.98. The van der Waals surface area contributed by atoms with Crippen LogP contribution in [-0.2, 0) is 6.54 Å². The summed E-state index contributed by atoms with van der Waals surface area (Å²) in [6.07, 6.45) is 0. The number of nitrogens with one attached hydrogen (secondary N) is 1. The van der Waals surface area contributed by atoms with E-state index < -0.39 is 0 Å². The quantitative estimate of drug-likeness (QED) is 0.626. The fourth-order valence-electron chi connectivity index (χ4n) is 0.932. The predicted octanol–water partition coefficient (Wildman–Crippen LogP) is 1.64. The highest BCUT2D eigenvalue weighted by Crippen LogP contribution is 2.17. The highest BCUT2D eigenvalue weighted by atomic mass is 35.5. The van der Waals surface area contributed by atoms with Gasteiger partial charge in [0.2, 0.25) is 0 Å². The van der Waals surface area contributed by atoms with Gasteiger partial charge in [0, 0.05) is 6.54 Å². The monoisotopic (exact) mass is 242 g/mol. The van der Waals surface area contributed by atoms with Gasteiger partial charge in [-0.15, -0.1) is 24.8 Å². The molecule has 0 radical (unpaired) electrons. The third kappa shape index (κ3) is 4.11. The standard InChI is InChI=1S/C8H11FN2O.2ClH/c1-12-8-4-6(5-11-10)2-3-7(8)9;;/h2-4,11H,5,10H2,1H3;2*1H. The first-order chi connectivity index (χ1) is 5.77. The molecule has 0 amide bonds. The molecule has 0 unspecified atom stereocenters. The van der Waals surface area contributed by atoms with Gasteiger partial charge in [0.1, 0.15) is 0 Å². The van der Waals surface area contributed by atoms with E-state index >= 15 is 0 Å². The van der Waals surface area contributed by atoms with Crippen molar-refractivity contribution in [1.82, 2.24) is 5.43 Å². The van der Waals surface area contributed by atoms with E-state index in [-0.39, 0.29) is 36.4 Å². The normalized spacial score (nSPS) is 8.50. The average molecular weight is 243 g/mol. The molecule has 14 heavy (non-hydrogen) atoms. The zero-order valence-electron chi connectivity index (χ0n) is 7.62. The zero-order valence-corrected chi connectivity index (χ0v) is 9.25. The van der Waals surface area contributed by atoms with Crippen LogP contribution < -0.4 is 16.0 Å². The maximum absolute atomic E-state index is 12.8. The highest BCUT2D eigenvalue weighted by Gasteiger charge is 2.01. The van der Waals surface area contributed by atoms with Crippen LogP contribution in [0.4, 0.5) is 4.39 Å². The van der Waals surface area contributed by atoms with E-state index in [4.69, 9.17) is 10.6 Å². The van der Waals surface area contributed by atoms with Crippen molar-refractivity contribution in [3.8, 4) is 5.75 Å². The lowest BCUT2D eigenvalue weighted by Crippen LogP contribution is -2.20. The molecule has 82 valence electrons. The van der Waals surface area contributed by atoms with Gasteiger partial charge in [-0.25, -0.2) is 4.39 Å². The average Bonchev–Trinajstić information content (AvgIpc) is 2.09. The van der Waals surface area contributed by atoms with Crippen molar-refractivity contribution < 1.29 is 9.13 Å². The van der Waals surface area contributed by atoms with Crippen molar-refractivity contribution >= 4 is 24.8 Å². The summed E-state index contributed by atoms with van der Waals surface area (Å²) in [7, 11) is 1.43. The molecule has 0 heterocycles. The second kappa shape index (κ2) is 7.82. The Labute approximate surface area is 94.6 Å². The molecular weight excluding hydrogens is 230 g/mol. The minimum atomic E-state index is -0.363. The molecule has 1 rings (SSSR count). The molecule has 1 aromatic carbocycles. The van der Waals surface area contributed by atoms with E-state index in [1.165, 1.54) is 13.2 Å². The fourth-order valence-corrected chi connectivity index (χ4v) is 0.932. The minimum Gasteiger partial charge on any atom is -0.494 e. The Morgan fingerprint density at radius 3 is 2.57 bits per heavy atom. The first-order valence-corrected chi connectivity index (χ1v) is 3.54. The third-order valence-corrected chi connectivity index (χ3v) is 1.52. The number of hydrogen-bond donors (Lipinski definition) is 2. The van der Waals surface area contributed by atoms with Crippen LogP contribution in [0.25, 0.3) is 0 Å². The van der Waals surface area contributed by atoms with Crippen LogP contribution >= 0.6 is 24.8 Å². The smallest absolute Gasteiger partial charge is 0.165 e.